The van der Waals surface area contributed by atoms with Crippen LogP contribution in [0.25, 0.3) is 6.08 Å². The molecule has 0 atom stereocenters. The highest BCUT2D eigenvalue weighted by atomic mass is 16.5. The summed E-state index contributed by atoms with van der Waals surface area (Å²) in [5.74, 6) is 0.562. The Labute approximate surface area is 94.6 Å². The number of carbonyl (C=O) groups is 1. The van der Waals surface area contributed by atoms with E-state index in [9.17, 15) is 4.79 Å². The second kappa shape index (κ2) is 6.63. The average molecular weight is 221 g/mol. The van der Waals surface area contributed by atoms with Crippen molar-refractivity contribution in [2.45, 2.75) is 0 Å². The van der Waals surface area contributed by atoms with E-state index in [0.29, 0.717) is 0 Å². The molecule has 0 aliphatic heterocycles. The molecule has 0 aliphatic rings. The smallest absolute Gasteiger partial charge is 0.244 e. The van der Waals surface area contributed by atoms with Gasteiger partial charge in [0.25, 0.3) is 0 Å². The van der Waals surface area contributed by atoms with Crippen LogP contribution in [-0.4, -0.2) is 31.3 Å². The van der Waals surface area contributed by atoms with Gasteiger partial charge in [0.2, 0.25) is 5.91 Å². The van der Waals surface area contributed by atoms with Gasteiger partial charge in [-0.3, -0.25) is 4.79 Å². The molecule has 0 radical (unpaired) electrons. The Morgan fingerprint density at radius 3 is 2.69 bits per heavy atom. The van der Waals surface area contributed by atoms with Gasteiger partial charge < -0.3 is 15.2 Å². The third-order valence-electron chi connectivity index (χ3n) is 1.95. The van der Waals surface area contributed by atoms with Crippen LogP contribution in [0.15, 0.2) is 30.3 Å². The number of amides is 1. The minimum atomic E-state index is -0.218. The summed E-state index contributed by atoms with van der Waals surface area (Å²) in [4.78, 5) is 11.2. The number of carbonyl (C=O) groups excluding carboxylic acids is 1. The zero-order valence-electron chi connectivity index (χ0n) is 9.14. The van der Waals surface area contributed by atoms with Crippen molar-refractivity contribution in [3.63, 3.8) is 0 Å². The van der Waals surface area contributed by atoms with Crippen LogP contribution in [0.2, 0.25) is 0 Å². The molecule has 16 heavy (non-hydrogen) atoms. The van der Waals surface area contributed by atoms with E-state index in [1.807, 2.05) is 24.3 Å². The molecule has 86 valence electrons. The summed E-state index contributed by atoms with van der Waals surface area (Å²) in [5.41, 5.74) is 0.917. The average Bonchev–Trinajstić information content (AvgIpc) is 2.34. The van der Waals surface area contributed by atoms with Gasteiger partial charge in [0.15, 0.2) is 0 Å². The van der Waals surface area contributed by atoms with E-state index in [-0.39, 0.29) is 19.1 Å². The molecule has 1 amide bonds. The summed E-state index contributed by atoms with van der Waals surface area (Å²) in [7, 11) is 1.60. The van der Waals surface area contributed by atoms with E-state index < -0.39 is 0 Å². The van der Waals surface area contributed by atoms with E-state index in [4.69, 9.17) is 9.84 Å². The van der Waals surface area contributed by atoms with Gasteiger partial charge in [-0.2, -0.15) is 0 Å². The molecule has 0 spiro atoms. The Morgan fingerprint density at radius 2 is 2.12 bits per heavy atom. The van der Waals surface area contributed by atoms with Crippen LogP contribution in [0.1, 0.15) is 5.56 Å². The molecule has 0 aromatic heterocycles. The molecule has 1 aromatic carbocycles. The minimum Gasteiger partial charge on any atom is -0.497 e. The molecular formula is C12H15NO3. The topological polar surface area (TPSA) is 58.6 Å². The van der Waals surface area contributed by atoms with E-state index in [1.54, 1.807) is 13.2 Å². The summed E-state index contributed by atoms with van der Waals surface area (Å²) in [6.07, 6.45) is 3.13. The Bertz CT molecular complexity index is 357. The van der Waals surface area contributed by atoms with E-state index in [2.05, 4.69) is 5.32 Å². The van der Waals surface area contributed by atoms with Gasteiger partial charge in [0.1, 0.15) is 5.75 Å². The normalized spacial score (nSPS) is 10.4. The second-order valence-electron chi connectivity index (χ2n) is 3.12. The monoisotopic (exact) mass is 221 g/mol. The molecule has 4 nitrogen and oxygen atoms in total. The standard InChI is InChI=1S/C12H15NO3/c1-16-11-5-2-10(3-6-11)4-7-12(15)13-8-9-14/h2-7,14H,8-9H2,1H3,(H,13,15)/b7-4+. The second-order valence-corrected chi connectivity index (χ2v) is 3.12. The SMILES string of the molecule is COc1ccc(/C=C/C(=O)NCCO)cc1. The number of nitrogens with one attached hydrogen (secondary N) is 1. The van der Waals surface area contributed by atoms with Crippen LogP contribution < -0.4 is 10.1 Å². The predicted molar refractivity (Wildman–Crippen MR) is 62.1 cm³/mol. The molecule has 0 unspecified atom stereocenters. The van der Waals surface area contributed by atoms with Crippen LogP contribution >= 0.6 is 0 Å². The van der Waals surface area contributed by atoms with Gasteiger partial charge >= 0.3 is 0 Å². The molecule has 1 rings (SSSR count). The number of hydrogen-bond donors (Lipinski definition) is 2. The van der Waals surface area contributed by atoms with Crippen molar-refractivity contribution >= 4 is 12.0 Å². The number of benzene rings is 1. The largest absolute Gasteiger partial charge is 0.497 e. The van der Waals surface area contributed by atoms with Crippen molar-refractivity contribution in [2.75, 3.05) is 20.3 Å². The molecule has 0 saturated heterocycles. The molecule has 0 heterocycles. The maximum atomic E-state index is 11.2. The van der Waals surface area contributed by atoms with Crippen molar-refractivity contribution in [3.05, 3.63) is 35.9 Å². The predicted octanol–water partition coefficient (Wildman–Crippen LogP) is 0.817. The Kier molecular flexibility index (Phi) is 5.08. The third kappa shape index (κ3) is 4.14. The lowest BCUT2D eigenvalue weighted by Gasteiger charge is -1.99. The molecule has 0 bridgehead atoms. The van der Waals surface area contributed by atoms with Gasteiger partial charge in [0, 0.05) is 12.6 Å². The molecule has 0 fully saturated rings. The number of aliphatic hydroxyl groups is 1. The first-order chi connectivity index (χ1) is 7.76. The van der Waals surface area contributed by atoms with Gasteiger partial charge in [-0.15, -0.1) is 0 Å². The third-order valence-corrected chi connectivity index (χ3v) is 1.95. The molecule has 0 saturated carbocycles. The summed E-state index contributed by atoms with van der Waals surface area (Å²) in [6.45, 7) is 0.216. The molecule has 1 aromatic rings. The highest BCUT2D eigenvalue weighted by Gasteiger charge is 1.94. The maximum absolute atomic E-state index is 11.2. The number of hydrogen-bond acceptors (Lipinski definition) is 3. The quantitative estimate of drug-likeness (QED) is 0.724. The molecular weight excluding hydrogens is 206 g/mol. The zero-order chi connectivity index (χ0) is 11.8. The van der Waals surface area contributed by atoms with Crippen LogP contribution in [0.5, 0.6) is 5.75 Å². The van der Waals surface area contributed by atoms with Crippen LogP contribution in [0.4, 0.5) is 0 Å². The van der Waals surface area contributed by atoms with E-state index >= 15 is 0 Å². The van der Waals surface area contributed by atoms with Crippen LogP contribution in [-0.2, 0) is 4.79 Å². The molecule has 2 N–H and O–H groups in total. The maximum Gasteiger partial charge on any atom is 0.244 e. The summed E-state index contributed by atoms with van der Waals surface area (Å²) in [5, 5.41) is 11.0. The number of rotatable bonds is 5. The summed E-state index contributed by atoms with van der Waals surface area (Å²) in [6, 6.07) is 7.36. The van der Waals surface area contributed by atoms with Gasteiger partial charge in [-0.25, -0.2) is 0 Å². The fourth-order valence-electron chi connectivity index (χ4n) is 1.12. The zero-order valence-corrected chi connectivity index (χ0v) is 9.14. The lowest BCUT2D eigenvalue weighted by Crippen LogP contribution is -2.24. The van der Waals surface area contributed by atoms with Crippen LogP contribution in [0.3, 0.4) is 0 Å². The first kappa shape index (κ1) is 12.3. The molecule has 4 heteroatoms. The lowest BCUT2D eigenvalue weighted by molar-refractivity contribution is -0.116. The summed E-state index contributed by atoms with van der Waals surface area (Å²) >= 11 is 0. The van der Waals surface area contributed by atoms with Crippen molar-refractivity contribution in [3.8, 4) is 5.75 Å². The minimum absolute atomic E-state index is 0.0535. The van der Waals surface area contributed by atoms with Gasteiger partial charge in [0.05, 0.1) is 13.7 Å². The highest BCUT2D eigenvalue weighted by Crippen LogP contribution is 2.11. The first-order valence-electron chi connectivity index (χ1n) is 4.97. The number of methoxy groups -OCH3 is 1. The van der Waals surface area contributed by atoms with Gasteiger partial charge in [-0.05, 0) is 23.8 Å². The summed E-state index contributed by atoms with van der Waals surface area (Å²) < 4.78 is 5.02. The number of aliphatic hydroxyl groups excluding tert-OH is 1. The van der Waals surface area contributed by atoms with Crippen LogP contribution in [0, 0.1) is 0 Å². The highest BCUT2D eigenvalue weighted by molar-refractivity contribution is 5.91. The fraction of sp³-hybridized carbons (Fsp3) is 0.250. The first-order valence-corrected chi connectivity index (χ1v) is 4.97. The van der Waals surface area contributed by atoms with Gasteiger partial charge in [-0.1, -0.05) is 12.1 Å². The Morgan fingerprint density at radius 1 is 1.44 bits per heavy atom. The van der Waals surface area contributed by atoms with E-state index in [1.165, 1.54) is 6.08 Å². The number of ether oxygens (including phenoxy) is 1. The van der Waals surface area contributed by atoms with Crippen molar-refractivity contribution < 1.29 is 14.6 Å². The molecule has 0 aliphatic carbocycles. The van der Waals surface area contributed by atoms with E-state index in [0.717, 1.165) is 11.3 Å². The fourth-order valence-corrected chi connectivity index (χ4v) is 1.12. The Balaban J connectivity index is 2.52. The lowest BCUT2D eigenvalue weighted by atomic mass is 10.2. The van der Waals surface area contributed by atoms with Crippen molar-refractivity contribution in [2.24, 2.45) is 0 Å². The van der Waals surface area contributed by atoms with Crippen molar-refractivity contribution in [1.82, 2.24) is 5.32 Å². The van der Waals surface area contributed by atoms with Crippen molar-refractivity contribution in [1.29, 1.82) is 0 Å². The Hall–Kier alpha value is -1.81.